The van der Waals surface area contributed by atoms with E-state index in [9.17, 15) is 4.79 Å². The van der Waals surface area contributed by atoms with Gasteiger partial charge in [-0.15, -0.1) is 0 Å². The highest BCUT2D eigenvalue weighted by Crippen LogP contribution is 2.15. The van der Waals surface area contributed by atoms with Crippen molar-refractivity contribution in [1.29, 1.82) is 0 Å². The second-order valence-electron chi connectivity index (χ2n) is 5.33. The summed E-state index contributed by atoms with van der Waals surface area (Å²) in [6.07, 6.45) is 1.15. The summed E-state index contributed by atoms with van der Waals surface area (Å²) in [5.74, 6) is 0.603. The first-order valence-electron chi connectivity index (χ1n) is 6.67. The number of nitrogens with one attached hydrogen (secondary N) is 2. The molecule has 1 heterocycles. The van der Waals surface area contributed by atoms with Crippen molar-refractivity contribution in [3.8, 4) is 0 Å². The van der Waals surface area contributed by atoms with Crippen LogP contribution in [-0.2, 0) is 0 Å². The fourth-order valence-electron chi connectivity index (χ4n) is 2.57. The Hall–Kier alpha value is -1.35. The van der Waals surface area contributed by atoms with E-state index in [0.717, 1.165) is 30.6 Å². The molecule has 1 aromatic carbocycles. The lowest BCUT2D eigenvalue weighted by atomic mass is 9.99. The summed E-state index contributed by atoms with van der Waals surface area (Å²) in [5, 5.41) is 6.45. The largest absolute Gasteiger partial charge is 0.349 e. The minimum atomic E-state index is 0.0481. The minimum Gasteiger partial charge on any atom is -0.349 e. The second-order valence-corrected chi connectivity index (χ2v) is 5.33. The maximum atomic E-state index is 12.2. The molecule has 1 fully saturated rings. The van der Waals surface area contributed by atoms with Gasteiger partial charge in [-0.2, -0.15) is 0 Å². The first kappa shape index (κ1) is 13.1. The third kappa shape index (κ3) is 2.91. The van der Waals surface area contributed by atoms with E-state index in [1.807, 2.05) is 26.0 Å². The molecule has 0 aliphatic carbocycles. The molecular formula is C15H22N2O. The van der Waals surface area contributed by atoms with Gasteiger partial charge in [-0.1, -0.05) is 17.7 Å². The van der Waals surface area contributed by atoms with E-state index >= 15 is 0 Å². The summed E-state index contributed by atoms with van der Waals surface area (Å²) in [4.78, 5) is 12.2. The average molecular weight is 246 g/mol. The molecule has 2 rings (SSSR count). The molecule has 0 spiro atoms. The van der Waals surface area contributed by atoms with Crippen molar-refractivity contribution in [2.45, 2.75) is 33.2 Å². The van der Waals surface area contributed by atoms with Gasteiger partial charge in [0.15, 0.2) is 0 Å². The Morgan fingerprint density at radius 1 is 1.44 bits per heavy atom. The molecule has 1 aliphatic rings. The molecule has 0 bridgehead atoms. The number of rotatable bonds is 3. The van der Waals surface area contributed by atoms with Crippen molar-refractivity contribution in [2.75, 3.05) is 13.1 Å². The summed E-state index contributed by atoms with van der Waals surface area (Å²) in [7, 11) is 0. The number of aryl methyl sites for hydroxylation is 2. The lowest BCUT2D eigenvalue weighted by molar-refractivity contribution is 0.0928. The molecule has 0 saturated carbocycles. The van der Waals surface area contributed by atoms with Crippen LogP contribution in [0.2, 0.25) is 0 Å². The third-order valence-electron chi connectivity index (χ3n) is 3.79. The monoisotopic (exact) mass is 246 g/mol. The van der Waals surface area contributed by atoms with Crippen LogP contribution in [0.4, 0.5) is 0 Å². The molecule has 1 aliphatic heterocycles. The van der Waals surface area contributed by atoms with E-state index in [1.54, 1.807) is 0 Å². The standard InChI is InChI=1S/C15H22N2O/c1-10-4-5-14(11(2)8-10)15(18)17-12(3)13-6-7-16-9-13/h4-5,8,12-13,16H,6-7,9H2,1-3H3,(H,17,18). The van der Waals surface area contributed by atoms with Crippen LogP contribution in [0, 0.1) is 19.8 Å². The highest BCUT2D eigenvalue weighted by molar-refractivity contribution is 5.95. The van der Waals surface area contributed by atoms with Gasteiger partial charge in [0.25, 0.3) is 5.91 Å². The van der Waals surface area contributed by atoms with Crippen molar-refractivity contribution in [1.82, 2.24) is 10.6 Å². The molecule has 1 amide bonds. The molecular weight excluding hydrogens is 224 g/mol. The number of hydrogen-bond acceptors (Lipinski definition) is 2. The van der Waals surface area contributed by atoms with Crippen molar-refractivity contribution < 1.29 is 4.79 Å². The molecule has 3 nitrogen and oxygen atoms in total. The van der Waals surface area contributed by atoms with Crippen LogP contribution in [0.15, 0.2) is 18.2 Å². The van der Waals surface area contributed by atoms with Crippen molar-refractivity contribution in [2.24, 2.45) is 5.92 Å². The van der Waals surface area contributed by atoms with Gasteiger partial charge in [0.1, 0.15) is 0 Å². The summed E-state index contributed by atoms with van der Waals surface area (Å²) in [6, 6.07) is 6.19. The molecule has 1 saturated heterocycles. The minimum absolute atomic E-state index is 0.0481. The highest BCUT2D eigenvalue weighted by atomic mass is 16.1. The van der Waals surface area contributed by atoms with Gasteiger partial charge < -0.3 is 10.6 Å². The van der Waals surface area contributed by atoms with Crippen LogP contribution in [0.25, 0.3) is 0 Å². The lowest BCUT2D eigenvalue weighted by Gasteiger charge is -2.20. The predicted molar refractivity (Wildman–Crippen MR) is 73.8 cm³/mol. The van der Waals surface area contributed by atoms with E-state index in [-0.39, 0.29) is 11.9 Å². The summed E-state index contributed by atoms with van der Waals surface area (Å²) in [6.45, 7) is 8.20. The Labute approximate surface area is 109 Å². The van der Waals surface area contributed by atoms with Crippen LogP contribution >= 0.6 is 0 Å². The molecule has 2 N–H and O–H groups in total. The molecule has 18 heavy (non-hydrogen) atoms. The van der Waals surface area contributed by atoms with E-state index in [2.05, 4.69) is 23.6 Å². The first-order chi connectivity index (χ1) is 8.58. The third-order valence-corrected chi connectivity index (χ3v) is 3.79. The Morgan fingerprint density at radius 3 is 2.83 bits per heavy atom. The maximum Gasteiger partial charge on any atom is 0.251 e. The molecule has 98 valence electrons. The average Bonchev–Trinajstić information content (AvgIpc) is 2.81. The zero-order valence-corrected chi connectivity index (χ0v) is 11.4. The zero-order chi connectivity index (χ0) is 13.1. The number of carbonyl (C=O) groups is 1. The smallest absolute Gasteiger partial charge is 0.251 e. The molecule has 1 aromatic rings. The fourth-order valence-corrected chi connectivity index (χ4v) is 2.57. The Morgan fingerprint density at radius 2 is 2.22 bits per heavy atom. The molecule has 2 unspecified atom stereocenters. The van der Waals surface area contributed by atoms with Crippen LogP contribution in [-0.4, -0.2) is 25.0 Å². The first-order valence-corrected chi connectivity index (χ1v) is 6.67. The van der Waals surface area contributed by atoms with Gasteiger partial charge in [-0.25, -0.2) is 0 Å². The van der Waals surface area contributed by atoms with E-state index in [1.165, 1.54) is 5.56 Å². The normalized spacial score (nSPS) is 20.7. The van der Waals surface area contributed by atoms with Gasteiger partial charge in [0, 0.05) is 11.6 Å². The topological polar surface area (TPSA) is 41.1 Å². The van der Waals surface area contributed by atoms with E-state index < -0.39 is 0 Å². The Kier molecular flexibility index (Phi) is 4.02. The van der Waals surface area contributed by atoms with Crippen LogP contribution < -0.4 is 10.6 Å². The summed E-state index contributed by atoms with van der Waals surface area (Å²) in [5.41, 5.74) is 3.03. The quantitative estimate of drug-likeness (QED) is 0.857. The SMILES string of the molecule is Cc1ccc(C(=O)NC(C)C2CCNC2)c(C)c1. The van der Waals surface area contributed by atoms with Gasteiger partial charge in [-0.3, -0.25) is 4.79 Å². The Balaban J connectivity index is 2.02. The van der Waals surface area contributed by atoms with E-state index in [4.69, 9.17) is 0 Å². The maximum absolute atomic E-state index is 12.2. The van der Waals surface area contributed by atoms with E-state index in [0.29, 0.717) is 5.92 Å². The lowest BCUT2D eigenvalue weighted by Crippen LogP contribution is -2.39. The van der Waals surface area contributed by atoms with Gasteiger partial charge >= 0.3 is 0 Å². The number of hydrogen-bond donors (Lipinski definition) is 2. The van der Waals surface area contributed by atoms with Crippen LogP contribution in [0.1, 0.15) is 34.8 Å². The summed E-state index contributed by atoms with van der Waals surface area (Å²) >= 11 is 0. The molecule has 0 aromatic heterocycles. The van der Waals surface area contributed by atoms with Crippen molar-refractivity contribution >= 4 is 5.91 Å². The number of carbonyl (C=O) groups excluding carboxylic acids is 1. The summed E-state index contributed by atoms with van der Waals surface area (Å²) < 4.78 is 0. The van der Waals surface area contributed by atoms with Gasteiger partial charge in [-0.05, 0) is 57.8 Å². The number of amides is 1. The van der Waals surface area contributed by atoms with Crippen LogP contribution in [0.5, 0.6) is 0 Å². The van der Waals surface area contributed by atoms with Gasteiger partial charge in [0.05, 0.1) is 0 Å². The molecule has 0 radical (unpaired) electrons. The Bertz CT molecular complexity index is 436. The zero-order valence-electron chi connectivity index (χ0n) is 11.4. The van der Waals surface area contributed by atoms with Crippen molar-refractivity contribution in [3.05, 3.63) is 34.9 Å². The molecule has 2 atom stereocenters. The molecule has 3 heteroatoms. The van der Waals surface area contributed by atoms with Crippen molar-refractivity contribution in [3.63, 3.8) is 0 Å². The second kappa shape index (κ2) is 5.53. The van der Waals surface area contributed by atoms with Crippen LogP contribution in [0.3, 0.4) is 0 Å². The number of benzene rings is 1. The highest BCUT2D eigenvalue weighted by Gasteiger charge is 2.23. The van der Waals surface area contributed by atoms with Gasteiger partial charge in [0.2, 0.25) is 0 Å². The predicted octanol–water partition coefficient (Wildman–Crippen LogP) is 2.03. The fraction of sp³-hybridized carbons (Fsp3) is 0.533.